The number of para-hydroxylation sites is 2. The summed E-state index contributed by atoms with van der Waals surface area (Å²) < 4.78 is 0. The van der Waals surface area contributed by atoms with Crippen molar-refractivity contribution in [3.05, 3.63) is 89.4 Å². The van der Waals surface area contributed by atoms with E-state index < -0.39 is 29.3 Å². The molecule has 3 aliphatic rings. The van der Waals surface area contributed by atoms with Crippen molar-refractivity contribution in [1.29, 1.82) is 0 Å². The molecule has 0 unspecified atom stereocenters. The lowest BCUT2D eigenvalue weighted by atomic mass is 9.62. The van der Waals surface area contributed by atoms with Gasteiger partial charge in [-0.3, -0.25) is 9.59 Å². The minimum Gasteiger partial charge on any atom is -0.366 e. The normalized spacial score (nSPS) is 24.8. The van der Waals surface area contributed by atoms with Crippen LogP contribution in [0.3, 0.4) is 0 Å². The van der Waals surface area contributed by atoms with E-state index in [2.05, 4.69) is 18.7 Å². The average molecular weight is 514 g/mol. The number of anilines is 3. The SMILES string of the molecule is C[C@@H]1C[C@H](C)[C@H]2N(C1)c1cc(Cl)ccc1CC21C(=O)N(c2ccccc2)C(=O)N(c2ccccc2)C1=O. The van der Waals surface area contributed by atoms with Crippen LogP contribution in [0.5, 0.6) is 0 Å². The van der Waals surface area contributed by atoms with Crippen LogP contribution >= 0.6 is 11.6 Å². The molecule has 2 saturated heterocycles. The third-order valence-corrected chi connectivity index (χ3v) is 8.30. The molecule has 3 aliphatic heterocycles. The summed E-state index contributed by atoms with van der Waals surface area (Å²) in [7, 11) is 0. The van der Waals surface area contributed by atoms with Crippen LogP contribution < -0.4 is 14.7 Å². The first-order valence-corrected chi connectivity index (χ1v) is 13.1. The molecule has 6 rings (SSSR count). The Hall–Kier alpha value is -3.64. The molecule has 188 valence electrons. The van der Waals surface area contributed by atoms with E-state index in [0.717, 1.165) is 17.7 Å². The fourth-order valence-corrected chi connectivity index (χ4v) is 6.90. The fraction of sp³-hybridized carbons (Fsp3) is 0.300. The number of hydrogen-bond donors (Lipinski definition) is 0. The van der Waals surface area contributed by atoms with E-state index in [9.17, 15) is 14.4 Å². The largest absolute Gasteiger partial charge is 0.366 e. The van der Waals surface area contributed by atoms with Crippen LogP contribution in [0.15, 0.2) is 78.9 Å². The summed E-state index contributed by atoms with van der Waals surface area (Å²) in [6.07, 6.45) is 1.08. The Morgan fingerprint density at radius 1 is 0.811 bits per heavy atom. The lowest BCUT2D eigenvalue weighted by molar-refractivity contribution is -0.144. The zero-order chi connectivity index (χ0) is 25.9. The third kappa shape index (κ3) is 3.50. The maximum absolute atomic E-state index is 14.7. The van der Waals surface area contributed by atoms with Crippen molar-refractivity contribution in [3.63, 3.8) is 0 Å². The van der Waals surface area contributed by atoms with Crippen LogP contribution in [0.4, 0.5) is 21.9 Å². The Kier molecular flexibility index (Phi) is 5.60. The van der Waals surface area contributed by atoms with Crippen molar-refractivity contribution < 1.29 is 14.4 Å². The monoisotopic (exact) mass is 513 g/mol. The second-order valence-electron chi connectivity index (χ2n) is 10.6. The second kappa shape index (κ2) is 8.73. The molecule has 3 atom stereocenters. The fourth-order valence-electron chi connectivity index (χ4n) is 6.73. The molecule has 0 aromatic heterocycles. The molecule has 3 heterocycles. The van der Waals surface area contributed by atoms with Gasteiger partial charge < -0.3 is 4.90 Å². The van der Waals surface area contributed by atoms with Gasteiger partial charge in [0.25, 0.3) is 11.8 Å². The first kappa shape index (κ1) is 23.7. The zero-order valence-electron chi connectivity index (χ0n) is 20.8. The molecule has 0 saturated carbocycles. The molecular formula is C30H28ClN3O3. The summed E-state index contributed by atoms with van der Waals surface area (Å²) in [5, 5.41) is 0.618. The molecule has 0 radical (unpaired) electrons. The Labute approximate surface area is 221 Å². The summed E-state index contributed by atoms with van der Waals surface area (Å²) in [6.45, 7) is 5.01. The predicted octanol–water partition coefficient (Wildman–Crippen LogP) is 5.93. The van der Waals surface area contributed by atoms with Crippen LogP contribution in [0.25, 0.3) is 0 Å². The lowest BCUT2D eigenvalue weighted by Crippen LogP contribution is -2.75. The smallest absolute Gasteiger partial charge is 0.342 e. The number of halogens is 1. The van der Waals surface area contributed by atoms with Gasteiger partial charge in [0, 0.05) is 17.3 Å². The van der Waals surface area contributed by atoms with E-state index in [1.54, 1.807) is 54.6 Å². The van der Waals surface area contributed by atoms with Gasteiger partial charge in [0.1, 0.15) is 0 Å². The molecule has 0 aliphatic carbocycles. The van der Waals surface area contributed by atoms with E-state index in [0.29, 0.717) is 28.9 Å². The number of fused-ring (bicyclic) bond motifs is 4. The quantitative estimate of drug-likeness (QED) is 0.398. The van der Waals surface area contributed by atoms with E-state index in [1.807, 2.05) is 24.3 Å². The standard InChI is InChI=1S/C30H28ClN3O3/c1-19-15-20(2)26-30(17-21-13-14-22(31)16-25(21)32(26)18-19)27(35)33(23-9-5-3-6-10-23)29(37)34(28(30)36)24-11-7-4-8-12-24/h3-14,16,19-20,26H,15,17-18H2,1-2H3/t19-,20+,26-/m1/s1. The van der Waals surface area contributed by atoms with Crippen LogP contribution in [0, 0.1) is 17.3 Å². The molecular weight excluding hydrogens is 486 g/mol. The van der Waals surface area contributed by atoms with Gasteiger partial charge >= 0.3 is 6.03 Å². The third-order valence-electron chi connectivity index (χ3n) is 8.07. The van der Waals surface area contributed by atoms with Gasteiger partial charge in [0.2, 0.25) is 0 Å². The maximum atomic E-state index is 14.7. The molecule has 0 bridgehead atoms. The molecule has 7 heteroatoms. The van der Waals surface area contributed by atoms with E-state index in [-0.39, 0.29) is 12.3 Å². The Morgan fingerprint density at radius 3 is 1.95 bits per heavy atom. The summed E-state index contributed by atoms with van der Waals surface area (Å²) >= 11 is 6.42. The van der Waals surface area contributed by atoms with E-state index >= 15 is 0 Å². The van der Waals surface area contributed by atoms with Gasteiger partial charge in [-0.2, -0.15) is 0 Å². The molecule has 3 aromatic rings. The Morgan fingerprint density at radius 2 is 1.38 bits per heavy atom. The minimum atomic E-state index is -1.47. The van der Waals surface area contributed by atoms with Gasteiger partial charge in [-0.05, 0) is 66.6 Å². The second-order valence-corrected chi connectivity index (χ2v) is 11.0. The minimum absolute atomic E-state index is 0.0345. The molecule has 37 heavy (non-hydrogen) atoms. The van der Waals surface area contributed by atoms with Gasteiger partial charge in [-0.15, -0.1) is 0 Å². The molecule has 3 aromatic carbocycles. The van der Waals surface area contributed by atoms with Gasteiger partial charge in [0.05, 0.1) is 17.4 Å². The number of urea groups is 1. The van der Waals surface area contributed by atoms with Crippen molar-refractivity contribution in [2.75, 3.05) is 21.2 Å². The Balaban J connectivity index is 1.61. The Bertz CT molecular complexity index is 1330. The highest BCUT2D eigenvalue weighted by molar-refractivity contribution is 6.39. The summed E-state index contributed by atoms with van der Waals surface area (Å²) in [5.41, 5.74) is 1.29. The zero-order valence-corrected chi connectivity index (χ0v) is 21.6. The number of carbonyl (C=O) groups is 3. The number of carbonyl (C=O) groups excluding carboxylic acids is 3. The van der Waals surface area contributed by atoms with Crippen LogP contribution in [0.2, 0.25) is 5.02 Å². The number of nitrogens with zero attached hydrogens (tertiary/aromatic N) is 3. The number of benzene rings is 3. The van der Waals surface area contributed by atoms with Crippen LogP contribution in [-0.2, 0) is 16.0 Å². The molecule has 6 nitrogen and oxygen atoms in total. The molecule has 0 N–H and O–H groups in total. The summed E-state index contributed by atoms with van der Waals surface area (Å²) in [5.74, 6) is -0.512. The van der Waals surface area contributed by atoms with Crippen molar-refractivity contribution >= 4 is 46.5 Å². The van der Waals surface area contributed by atoms with Crippen LogP contribution in [0.1, 0.15) is 25.8 Å². The van der Waals surface area contributed by atoms with Gasteiger partial charge in [-0.1, -0.05) is 67.9 Å². The highest BCUT2D eigenvalue weighted by Gasteiger charge is 2.66. The average Bonchev–Trinajstić information content (AvgIpc) is 2.89. The lowest BCUT2D eigenvalue weighted by Gasteiger charge is -2.58. The summed E-state index contributed by atoms with van der Waals surface area (Å²) in [6, 6.07) is 22.4. The molecule has 2 fully saturated rings. The summed E-state index contributed by atoms with van der Waals surface area (Å²) in [4.78, 5) is 47.9. The van der Waals surface area contributed by atoms with Gasteiger partial charge in [0.15, 0.2) is 5.41 Å². The number of rotatable bonds is 2. The number of barbiturate groups is 1. The van der Waals surface area contributed by atoms with Crippen molar-refractivity contribution in [2.45, 2.75) is 32.7 Å². The first-order chi connectivity index (χ1) is 17.8. The van der Waals surface area contributed by atoms with Gasteiger partial charge in [-0.25, -0.2) is 14.6 Å². The highest BCUT2D eigenvalue weighted by atomic mass is 35.5. The van der Waals surface area contributed by atoms with E-state index in [1.165, 1.54) is 9.80 Å². The van der Waals surface area contributed by atoms with Crippen LogP contribution in [-0.4, -0.2) is 30.4 Å². The molecule has 4 amide bonds. The topological polar surface area (TPSA) is 60.9 Å². The molecule has 1 spiro atoms. The number of amides is 4. The highest BCUT2D eigenvalue weighted by Crippen LogP contribution is 2.52. The number of piperidine rings is 1. The van der Waals surface area contributed by atoms with Crippen molar-refractivity contribution in [3.8, 4) is 0 Å². The predicted molar refractivity (Wildman–Crippen MR) is 145 cm³/mol. The maximum Gasteiger partial charge on any atom is 0.342 e. The number of imide groups is 2. The van der Waals surface area contributed by atoms with Crippen molar-refractivity contribution in [1.82, 2.24) is 0 Å². The van der Waals surface area contributed by atoms with Crippen molar-refractivity contribution in [2.24, 2.45) is 17.3 Å². The number of hydrogen-bond acceptors (Lipinski definition) is 4. The first-order valence-electron chi connectivity index (χ1n) is 12.7. The van der Waals surface area contributed by atoms with E-state index in [4.69, 9.17) is 11.6 Å².